The van der Waals surface area contributed by atoms with E-state index in [4.69, 9.17) is 4.42 Å². The Balaban J connectivity index is 1.73. The van der Waals surface area contributed by atoms with Crippen molar-refractivity contribution in [2.45, 2.75) is 65.8 Å². The molecule has 0 atom stereocenters. The van der Waals surface area contributed by atoms with Crippen molar-refractivity contribution in [2.24, 2.45) is 5.92 Å². The Morgan fingerprint density at radius 1 is 1.24 bits per heavy atom. The highest BCUT2D eigenvalue weighted by molar-refractivity contribution is 5.93. The fraction of sp³-hybridized carbons (Fsp3) is 0.625. The van der Waals surface area contributed by atoms with Crippen molar-refractivity contribution >= 4 is 22.7 Å². The van der Waals surface area contributed by atoms with Gasteiger partial charge in [-0.05, 0) is 76.2 Å². The number of nitrogens with zero attached hydrogens (tertiary/aromatic N) is 2. The van der Waals surface area contributed by atoms with Gasteiger partial charge in [0, 0.05) is 35.8 Å². The van der Waals surface area contributed by atoms with E-state index in [2.05, 4.69) is 50.9 Å². The summed E-state index contributed by atoms with van der Waals surface area (Å²) in [4.78, 5) is 17.2. The van der Waals surface area contributed by atoms with Crippen LogP contribution in [0, 0.1) is 5.92 Å². The van der Waals surface area contributed by atoms with E-state index in [9.17, 15) is 4.79 Å². The molecule has 1 aromatic heterocycles. The molecule has 1 aliphatic heterocycles. The van der Waals surface area contributed by atoms with Crippen molar-refractivity contribution in [3.63, 3.8) is 0 Å². The second-order valence-electron chi connectivity index (χ2n) is 9.09. The standard InChI is InChI=1S/C24H37N3O2/c1-6-11-27(18(4)5)24(28)25-20-7-8-23-21(14-20)22(16-29-23)19-9-12-26(13-10-19)15-17(2)3/h7-8,14,16-19H,6,9-13,15H2,1-5H3,(H,25,28). The number of hydrogen-bond donors (Lipinski definition) is 1. The number of likely N-dealkylation sites (tertiary alicyclic amines) is 1. The number of fused-ring (bicyclic) bond motifs is 1. The average Bonchev–Trinajstić information content (AvgIpc) is 3.09. The molecule has 3 rings (SSSR count). The molecule has 5 nitrogen and oxygen atoms in total. The molecule has 29 heavy (non-hydrogen) atoms. The Kier molecular flexibility index (Phi) is 7.23. The SMILES string of the molecule is CCCN(C(=O)Nc1ccc2occ(C3CCN(CC(C)C)CC3)c2c1)C(C)C. The lowest BCUT2D eigenvalue weighted by molar-refractivity contribution is 0.192. The molecule has 0 unspecified atom stereocenters. The van der Waals surface area contributed by atoms with Crippen LogP contribution in [0.1, 0.15) is 65.4 Å². The zero-order chi connectivity index (χ0) is 21.0. The van der Waals surface area contributed by atoms with E-state index in [1.54, 1.807) is 0 Å². The Hall–Kier alpha value is -2.01. The van der Waals surface area contributed by atoms with E-state index < -0.39 is 0 Å². The predicted octanol–water partition coefficient (Wildman–Crippen LogP) is 5.92. The molecule has 160 valence electrons. The fourth-order valence-corrected chi connectivity index (χ4v) is 4.42. The van der Waals surface area contributed by atoms with Gasteiger partial charge in [-0.25, -0.2) is 4.79 Å². The van der Waals surface area contributed by atoms with E-state index in [1.807, 2.05) is 23.3 Å². The third kappa shape index (κ3) is 5.33. The molecule has 1 fully saturated rings. The zero-order valence-corrected chi connectivity index (χ0v) is 18.7. The van der Waals surface area contributed by atoms with Gasteiger partial charge >= 0.3 is 6.03 Å². The Morgan fingerprint density at radius 3 is 2.59 bits per heavy atom. The molecule has 1 aromatic carbocycles. The quantitative estimate of drug-likeness (QED) is 0.628. The van der Waals surface area contributed by atoms with Crippen molar-refractivity contribution in [3.8, 4) is 0 Å². The molecule has 0 bridgehead atoms. The van der Waals surface area contributed by atoms with Crippen LogP contribution in [-0.4, -0.2) is 48.1 Å². The first-order valence-electron chi connectivity index (χ1n) is 11.2. The van der Waals surface area contributed by atoms with Gasteiger partial charge < -0.3 is 19.5 Å². The maximum atomic E-state index is 12.7. The van der Waals surface area contributed by atoms with E-state index in [0.717, 1.165) is 55.6 Å². The number of carbonyl (C=O) groups excluding carboxylic acids is 1. The minimum Gasteiger partial charge on any atom is -0.464 e. The molecule has 0 spiro atoms. The van der Waals surface area contributed by atoms with Crippen LogP contribution in [0.2, 0.25) is 0 Å². The minimum absolute atomic E-state index is 0.0340. The second kappa shape index (κ2) is 9.66. The van der Waals surface area contributed by atoms with Crippen LogP contribution in [0.25, 0.3) is 11.0 Å². The third-order valence-electron chi connectivity index (χ3n) is 5.85. The van der Waals surface area contributed by atoms with E-state index in [1.165, 1.54) is 12.1 Å². The molecule has 0 saturated carbocycles. The topological polar surface area (TPSA) is 48.7 Å². The first kappa shape index (κ1) is 21.7. The van der Waals surface area contributed by atoms with Crippen LogP contribution in [0.4, 0.5) is 10.5 Å². The van der Waals surface area contributed by atoms with Crippen molar-refractivity contribution in [1.29, 1.82) is 0 Å². The van der Waals surface area contributed by atoms with Gasteiger partial charge in [0.1, 0.15) is 5.58 Å². The summed E-state index contributed by atoms with van der Waals surface area (Å²) >= 11 is 0. The van der Waals surface area contributed by atoms with Crippen LogP contribution in [0.15, 0.2) is 28.9 Å². The summed E-state index contributed by atoms with van der Waals surface area (Å²) < 4.78 is 5.84. The molecule has 1 N–H and O–H groups in total. The van der Waals surface area contributed by atoms with Gasteiger partial charge in [-0.3, -0.25) is 0 Å². The summed E-state index contributed by atoms with van der Waals surface area (Å²) in [6.45, 7) is 15.0. The molecule has 0 radical (unpaired) electrons. The van der Waals surface area contributed by atoms with Crippen molar-refractivity contribution in [1.82, 2.24) is 9.80 Å². The molecule has 2 aromatic rings. The number of rotatable bonds is 7. The fourth-order valence-electron chi connectivity index (χ4n) is 4.42. The number of urea groups is 1. The predicted molar refractivity (Wildman–Crippen MR) is 121 cm³/mol. The Morgan fingerprint density at radius 2 is 1.97 bits per heavy atom. The number of hydrogen-bond acceptors (Lipinski definition) is 3. The summed E-state index contributed by atoms with van der Waals surface area (Å²) in [7, 11) is 0. The summed E-state index contributed by atoms with van der Waals surface area (Å²) in [5, 5.41) is 4.22. The summed E-state index contributed by atoms with van der Waals surface area (Å²) in [5.74, 6) is 1.24. The van der Waals surface area contributed by atoms with Gasteiger partial charge in [0.2, 0.25) is 0 Å². The minimum atomic E-state index is -0.0340. The number of nitrogens with one attached hydrogen (secondary N) is 1. The molecule has 2 heterocycles. The smallest absolute Gasteiger partial charge is 0.322 e. The lowest BCUT2D eigenvalue weighted by Crippen LogP contribution is -2.40. The van der Waals surface area contributed by atoms with Gasteiger partial charge in [-0.1, -0.05) is 20.8 Å². The van der Waals surface area contributed by atoms with Gasteiger partial charge in [-0.2, -0.15) is 0 Å². The monoisotopic (exact) mass is 399 g/mol. The van der Waals surface area contributed by atoms with Crippen LogP contribution in [0.3, 0.4) is 0 Å². The van der Waals surface area contributed by atoms with E-state index >= 15 is 0 Å². The first-order chi connectivity index (χ1) is 13.9. The molecular formula is C24H37N3O2. The Labute approximate surface area is 175 Å². The number of piperidine rings is 1. The highest BCUT2D eigenvalue weighted by atomic mass is 16.3. The van der Waals surface area contributed by atoms with Crippen LogP contribution in [0.5, 0.6) is 0 Å². The molecule has 1 aliphatic rings. The third-order valence-corrected chi connectivity index (χ3v) is 5.85. The Bertz CT molecular complexity index is 804. The van der Waals surface area contributed by atoms with Crippen molar-refractivity contribution < 1.29 is 9.21 Å². The highest BCUT2D eigenvalue weighted by Gasteiger charge is 2.24. The summed E-state index contributed by atoms with van der Waals surface area (Å²) in [6.07, 6.45) is 5.20. The van der Waals surface area contributed by atoms with Crippen molar-refractivity contribution in [3.05, 3.63) is 30.0 Å². The number of benzene rings is 1. The molecule has 0 aliphatic carbocycles. The molecular weight excluding hydrogens is 362 g/mol. The molecule has 1 saturated heterocycles. The van der Waals surface area contributed by atoms with Crippen LogP contribution < -0.4 is 5.32 Å². The number of carbonyl (C=O) groups is 1. The number of furan rings is 1. The van der Waals surface area contributed by atoms with Gasteiger partial charge in [0.15, 0.2) is 0 Å². The van der Waals surface area contributed by atoms with E-state index in [0.29, 0.717) is 11.8 Å². The lowest BCUT2D eigenvalue weighted by Gasteiger charge is -2.32. The molecule has 2 amide bonds. The highest BCUT2D eigenvalue weighted by Crippen LogP contribution is 2.35. The molecule has 5 heteroatoms. The van der Waals surface area contributed by atoms with E-state index in [-0.39, 0.29) is 12.1 Å². The maximum absolute atomic E-state index is 12.7. The largest absolute Gasteiger partial charge is 0.464 e. The second-order valence-corrected chi connectivity index (χ2v) is 9.09. The van der Waals surface area contributed by atoms with Gasteiger partial charge in [-0.15, -0.1) is 0 Å². The van der Waals surface area contributed by atoms with Crippen molar-refractivity contribution in [2.75, 3.05) is 31.5 Å². The summed E-state index contributed by atoms with van der Waals surface area (Å²) in [5.41, 5.74) is 3.02. The summed E-state index contributed by atoms with van der Waals surface area (Å²) in [6, 6.07) is 6.13. The average molecular weight is 400 g/mol. The number of amides is 2. The maximum Gasteiger partial charge on any atom is 0.322 e. The van der Waals surface area contributed by atoms with Crippen LogP contribution in [-0.2, 0) is 0 Å². The van der Waals surface area contributed by atoms with Gasteiger partial charge in [0.05, 0.1) is 6.26 Å². The number of anilines is 1. The van der Waals surface area contributed by atoms with Crippen LogP contribution >= 0.6 is 0 Å². The zero-order valence-electron chi connectivity index (χ0n) is 18.7. The van der Waals surface area contributed by atoms with Gasteiger partial charge in [0.25, 0.3) is 0 Å². The first-order valence-corrected chi connectivity index (χ1v) is 11.2. The normalized spacial score (nSPS) is 16.1. The lowest BCUT2D eigenvalue weighted by atomic mass is 9.89.